The van der Waals surface area contributed by atoms with Crippen LogP contribution in [0.1, 0.15) is 10.4 Å². The van der Waals surface area contributed by atoms with Gasteiger partial charge in [-0.25, -0.2) is 9.18 Å². The number of hydrogen-bond acceptors (Lipinski definition) is 4. The third-order valence-corrected chi connectivity index (χ3v) is 2.12. The van der Waals surface area contributed by atoms with Crippen LogP contribution in [0.2, 0.25) is 0 Å². The van der Waals surface area contributed by atoms with Crippen LogP contribution in [0, 0.1) is 5.82 Å². The van der Waals surface area contributed by atoms with Gasteiger partial charge in [0.05, 0.1) is 19.8 Å². The van der Waals surface area contributed by atoms with Crippen LogP contribution >= 0.6 is 0 Å². The van der Waals surface area contributed by atoms with Crippen LogP contribution in [-0.2, 0) is 4.79 Å². The van der Waals surface area contributed by atoms with Crippen molar-refractivity contribution in [1.29, 1.82) is 0 Å². The van der Waals surface area contributed by atoms with E-state index in [4.69, 9.17) is 14.6 Å². The lowest BCUT2D eigenvalue weighted by Gasteiger charge is -2.09. The highest BCUT2D eigenvalue weighted by molar-refractivity contribution is 6.07. The lowest BCUT2D eigenvalue weighted by Crippen LogP contribution is -2.02. The Morgan fingerprint density at radius 2 is 1.72 bits per heavy atom. The molecule has 0 aliphatic rings. The number of halogens is 1. The molecule has 0 amide bonds. The number of allylic oxidation sites excluding steroid dienone is 1. The van der Waals surface area contributed by atoms with Gasteiger partial charge in [-0.15, -0.1) is 0 Å². The van der Waals surface area contributed by atoms with Crippen LogP contribution in [0.3, 0.4) is 0 Å². The molecule has 1 aromatic carbocycles. The summed E-state index contributed by atoms with van der Waals surface area (Å²) >= 11 is 0. The number of aliphatic carboxylic acids is 1. The molecule has 0 fully saturated rings. The summed E-state index contributed by atoms with van der Waals surface area (Å²) in [5, 5.41) is 8.38. The molecule has 0 heterocycles. The van der Waals surface area contributed by atoms with Crippen molar-refractivity contribution >= 4 is 11.8 Å². The molecule has 0 bridgehead atoms. The first kappa shape index (κ1) is 13.7. The molecule has 0 radical (unpaired) electrons. The molecule has 96 valence electrons. The van der Waals surface area contributed by atoms with Crippen LogP contribution in [0.25, 0.3) is 0 Å². The van der Waals surface area contributed by atoms with E-state index >= 15 is 0 Å². The first-order valence-electron chi connectivity index (χ1n) is 4.86. The second-order valence-corrected chi connectivity index (χ2v) is 3.22. The molecular formula is C12H11FO5. The fraction of sp³-hybridized carbons (Fsp3) is 0.167. The molecule has 0 unspecified atom stereocenters. The van der Waals surface area contributed by atoms with E-state index in [1.807, 2.05) is 0 Å². The van der Waals surface area contributed by atoms with Gasteiger partial charge < -0.3 is 14.6 Å². The lowest BCUT2D eigenvalue weighted by atomic mass is 10.1. The summed E-state index contributed by atoms with van der Waals surface area (Å²) < 4.78 is 23.4. The zero-order chi connectivity index (χ0) is 13.7. The second kappa shape index (κ2) is 5.81. The number of carbonyl (C=O) groups is 2. The molecule has 0 aliphatic heterocycles. The van der Waals surface area contributed by atoms with Crippen LogP contribution in [-0.4, -0.2) is 31.1 Å². The maximum Gasteiger partial charge on any atom is 0.328 e. The highest BCUT2D eigenvalue weighted by Crippen LogP contribution is 2.30. The van der Waals surface area contributed by atoms with E-state index in [9.17, 15) is 14.0 Å². The Morgan fingerprint density at radius 3 is 2.22 bits per heavy atom. The number of ketones is 1. The quantitative estimate of drug-likeness (QED) is 0.639. The molecule has 0 saturated heterocycles. The normalized spacial score (nSPS) is 10.4. The minimum Gasteiger partial charge on any atom is -0.493 e. The summed E-state index contributed by atoms with van der Waals surface area (Å²) in [6.45, 7) is 0. The van der Waals surface area contributed by atoms with Crippen molar-refractivity contribution in [3.8, 4) is 11.5 Å². The van der Waals surface area contributed by atoms with Crippen LogP contribution in [0.4, 0.5) is 4.39 Å². The van der Waals surface area contributed by atoms with Crippen molar-refractivity contribution in [3.63, 3.8) is 0 Å². The predicted molar refractivity (Wildman–Crippen MR) is 60.6 cm³/mol. The number of hydrogen-bond donors (Lipinski definition) is 1. The maximum atomic E-state index is 13.6. The summed E-state index contributed by atoms with van der Waals surface area (Å²) in [6, 6.07) is 2.16. The molecular weight excluding hydrogens is 243 g/mol. The van der Waals surface area contributed by atoms with Gasteiger partial charge >= 0.3 is 5.97 Å². The average Bonchev–Trinajstić information content (AvgIpc) is 2.35. The van der Waals surface area contributed by atoms with Gasteiger partial charge in [0.25, 0.3) is 0 Å². The van der Waals surface area contributed by atoms with E-state index in [0.29, 0.717) is 6.08 Å². The van der Waals surface area contributed by atoms with Crippen molar-refractivity contribution < 1.29 is 28.6 Å². The van der Waals surface area contributed by atoms with E-state index in [-0.39, 0.29) is 17.1 Å². The molecule has 0 saturated carbocycles. The van der Waals surface area contributed by atoms with Crippen LogP contribution in [0.5, 0.6) is 11.5 Å². The number of carbonyl (C=O) groups excluding carboxylic acids is 1. The SMILES string of the molecule is COc1cc(F)c(C(=O)C=CC(=O)O)cc1OC. The van der Waals surface area contributed by atoms with E-state index in [1.165, 1.54) is 14.2 Å². The van der Waals surface area contributed by atoms with Gasteiger partial charge in [0, 0.05) is 12.1 Å². The van der Waals surface area contributed by atoms with E-state index < -0.39 is 17.6 Å². The maximum absolute atomic E-state index is 13.6. The van der Waals surface area contributed by atoms with Crippen molar-refractivity contribution in [2.75, 3.05) is 14.2 Å². The monoisotopic (exact) mass is 254 g/mol. The lowest BCUT2D eigenvalue weighted by molar-refractivity contribution is -0.131. The number of rotatable bonds is 5. The fourth-order valence-corrected chi connectivity index (χ4v) is 1.28. The molecule has 1 N–H and O–H groups in total. The van der Waals surface area contributed by atoms with Crippen molar-refractivity contribution in [2.24, 2.45) is 0 Å². The van der Waals surface area contributed by atoms with Gasteiger partial charge in [-0.1, -0.05) is 0 Å². The fourth-order valence-electron chi connectivity index (χ4n) is 1.28. The first-order chi connectivity index (χ1) is 8.49. The number of carboxylic acid groups (broad SMARTS) is 1. The minimum absolute atomic E-state index is 0.147. The Bertz CT molecular complexity index is 507. The molecule has 0 aliphatic carbocycles. The third-order valence-electron chi connectivity index (χ3n) is 2.12. The Labute approximate surface area is 102 Å². The zero-order valence-electron chi connectivity index (χ0n) is 9.77. The Balaban J connectivity index is 3.17. The summed E-state index contributed by atoms with van der Waals surface area (Å²) in [5.41, 5.74) is -0.287. The number of benzene rings is 1. The molecule has 6 heteroatoms. The van der Waals surface area contributed by atoms with E-state index in [0.717, 1.165) is 18.2 Å². The van der Waals surface area contributed by atoms with Crippen molar-refractivity contribution in [2.45, 2.75) is 0 Å². The van der Waals surface area contributed by atoms with Gasteiger partial charge in [-0.3, -0.25) is 4.79 Å². The van der Waals surface area contributed by atoms with Gasteiger partial charge in [0.2, 0.25) is 0 Å². The standard InChI is InChI=1S/C12H11FO5/c1-17-10-5-7(8(13)6-11(10)18-2)9(14)3-4-12(15)16/h3-6H,1-2H3,(H,15,16). The molecule has 0 atom stereocenters. The summed E-state index contributed by atoms with van der Waals surface area (Å²) in [4.78, 5) is 21.8. The minimum atomic E-state index is -1.29. The van der Waals surface area contributed by atoms with Crippen LogP contribution in [0.15, 0.2) is 24.3 Å². The number of ether oxygens (including phenoxy) is 2. The molecule has 1 aromatic rings. The molecule has 0 spiro atoms. The van der Waals surface area contributed by atoms with Gasteiger partial charge in [-0.05, 0) is 12.1 Å². The predicted octanol–water partition coefficient (Wildman–Crippen LogP) is 1.67. The number of carboxylic acids is 1. The van der Waals surface area contributed by atoms with Gasteiger partial charge in [0.1, 0.15) is 5.82 Å². The molecule has 0 aromatic heterocycles. The largest absolute Gasteiger partial charge is 0.493 e. The molecule has 18 heavy (non-hydrogen) atoms. The Kier molecular flexibility index (Phi) is 4.42. The number of methoxy groups -OCH3 is 2. The van der Waals surface area contributed by atoms with E-state index in [1.54, 1.807) is 0 Å². The Hall–Kier alpha value is -2.37. The van der Waals surface area contributed by atoms with Gasteiger partial charge in [-0.2, -0.15) is 0 Å². The van der Waals surface area contributed by atoms with Gasteiger partial charge in [0.15, 0.2) is 17.3 Å². The molecule has 5 nitrogen and oxygen atoms in total. The zero-order valence-corrected chi connectivity index (χ0v) is 9.77. The highest BCUT2D eigenvalue weighted by atomic mass is 19.1. The highest BCUT2D eigenvalue weighted by Gasteiger charge is 2.15. The average molecular weight is 254 g/mol. The van der Waals surface area contributed by atoms with E-state index in [2.05, 4.69) is 0 Å². The second-order valence-electron chi connectivity index (χ2n) is 3.22. The summed E-state index contributed by atoms with van der Waals surface area (Å²) in [6.07, 6.45) is 1.41. The third kappa shape index (κ3) is 3.07. The smallest absolute Gasteiger partial charge is 0.328 e. The van der Waals surface area contributed by atoms with Crippen LogP contribution < -0.4 is 9.47 Å². The molecule has 1 rings (SSSR count). The van der Waals surface area contributed by atoms with Crippen molar-refractivity contribution in [1.82, 2.24) is 0 Å². The first-order valence-corrected chi connectivity index (χ1v) is 4.86. The summed E-state index contributed by atoms with van der Waals surface area (Å²) in [5.74, 6) is -2.53. The van der Waals surface area contributed by atoms with Crippen molar-refractivity contribution in [3.05, 3.63) is 35.7 Å². The summed E-state index contributed by atoms with van der Waals surface area (Å²) in [7, 11) is 2.68. The topological polar surface area (TPSA) is 72.8 Å². The Morgan fingerprint density at radius 1 is 1.17 bits per heavy atom.